The lowest BCUT2D eigenvalue weighted by Gasteiger charge is -2.19. The van der Waals surface area contributed by atoms with Crippen LogP contribution >= 0.6 is 24.0 Å². The third kappa shape index (κ3) is 6.84. The topological polar surface area (TPSA) is 56.7 Å². The largest absolute Gasteiger partial charge is 0.357 e. The molecule has 1 saturated heterocycles. The van der Waals surface area contributed by atoms with Gasteiger partial charge in [0.25, 0.3) is 0 Å². The van der Waals surface area contributed by atoms with Crippen LogP contribution in [0, 0.1) is 0 Å². The van der Waals surface area contributed by atoms with Gasteiger partial charge >= 0.3 is 0 Å². The number of guanidine groups is 1. The normalized spacial score (nSPS) is 15.7. The number of nitrogens with zero attached hydrogens (tertiary/aromatic N) is 2. The molecule has 0 aliphatic carbocycles. The average Bonchev–Trinajstić information content (AvgIpc) is 2.99. The van der Waals surface area contributed by atoms with E-state index in [2.05, 4.69) is 43.5 Å². The second-order valence-electron chi connectivity index (χ2n) is 6.34. The number of halogens is 1. The number of hydrogen-bond donors (Lipinski definition) is 2. The molecular formula is C19H31IN4O. The highest BCUT2D eigenvalue weighted by molar-refractivity contribution is 14.0. The highest BCUT2D eigenvalue weighted by atomic mass is 127. The van der Waals surface area contributed by atoms with Crippen LogP contribution in [0.2, 0.25) is 0 Å². The number of carbonyl (C=O) groups excluding carboxylic acids is 1. The molecule has 1 unspecified atom stereocenters. The third-order valence-electron chi connectivity index (χ3n) is 4.40. The number of hydrogen-bond acceptors (Lipinski definition) is 2. The molecule has 1 atom stereocenters. The molecular weight excluding hydrogens is 427 g/mol. The van der Waals surface area contributed by atoms with Crippen LogP contribution in [-0.4, -0.2) is 35.9 Å². The van der Waals surface area contributed by atoms with Crippen molar-refractivity contribution in [2.24, 2.45) is 4.99 Å². The molecule has 2 N–H and O–H groups in total. The Balaban J connectivity index is 0.00000312. The summed E-state index contributed by atoms with van der Waals surface area (Å²) in [4.78, 5) is 18.5. The Bertz CT molecular complexity index is 576. The predicted octanol–water partition coefficient (Wildman–Crippen LogP) is 3.28. The van der Waals surface area contributed by atoms with E-state index in [4.69, 9.17) is 4.99 Å². The maximum absolute atomic E-state index is 11.9. The predicted molar refractivity (Wildman–Crippen MR) is 114 cm³/mol. The fourth-order valence-electron chi connectivity index (χ4n) is 2.76. The van der Waals surface area contributed by atoms with Crippen molar-refractivity contribution >= 4 is 35.8 Å². The summed E-state index contributed by atoms with van der Waals surface area (Å²) in [5.41, 5.74) is 2.37. The lowest BCUT2D eigenvalue weighted by Crippen LogP contribution is -2.42. The van der Waals surface area contributed by atoms with E-state index in [1.807, 2.05) is 17.0 Å². The summed E-state index contributed by atoms with van der Waals surface area (Å²) in [7, 11) is 0. The monoisotopic (exact) mass is 458 g/mol. The number of amides is 1. The highest BCUT2D eigenvalue weighted by Gasteiger charge is 2.20. The Kier molecular flexibility index (Phi) is 9.85. The van der Waals surface area contributed by atoms with Crippen molar-refractivity contribution in [2.45, 2.75) is 59.2 Å². The van der Waals surface area contributed by atoms with E-state index in [0.29, 0.717) is 25.6 Å². The Morgan fingerprint density at radius 3 is 2.60 bits per heavy atom. The van der Waals surface area contributed by atoms with E-state index >= 15 is 0 Å². The van der Waals surface area contributed by atoms with E-state index in [1.54, 1.807) is 0 Å². The molecule has 1 aliphatic heterocycles. The summed E-state index contributed by atoms with van der Waals surface area (Å²) in [6.07, 6.45) is 2.71. The van der Waals surface area contributed by atoms with Gasteiger partial charge in [0.1, 0.15) is 0 Å². The average molecular weight is 458 g/mol. The van der Waals surface area contributed by atoms with Crippen LogP contribution in [0.25, 0.3) is 0 Å². The first kappa shape index (κ1) is 21.7. The van der Waals surface area contributed by atoms with Crippen molar-refractivity contribution < 1.29 is 4.79 Å². The van der Waals surface area contributed by atoms with E-state index < -0.39 is 0 Å². The fraction of sp³-hybridized carbons (Fsp3) is 0.579. The number of rotatable bonds is 7. The van der Waals surface area contributed by atoms with Gasteiger partial charge in [0, 0.05) is 32.1 Å². The molecule has 0 spiro atoms. The minimum atomic E-state index is 0. The molecule has 5 nitrogen and oxygen atoms in total. The van der Waals surface area contributed by atoms with Crippen LogP contribution in [-0.2, 0) is 17.9 Å². The Hall–Kier alpha value is -1.31. The van der Waals surface area contributed by atoms with Crippen LogP contribution in [0.15, 0.2) is 29.3 Å². The second kappa shape index (κ2) is 11.3. The first-order valence-electron chi connectivity index (χ1n) is 9.03. The number of benzene rings is 1. The molecule has 1 aliphatic rings. The van der Waals surface area contributed by atoms with Crippen molar-refractivity contribution in [1.29, 1.82) is 0 Å². The first-order chi connectivity index (χ1) is 11.6. The standard InChI is InChI=1S/C19H30N4O.HI/c1-4-15(3)22-19(20-5-2)21-13-16-9-6-7-10-17(16)14-23-12-8-11-18(23)24;/h6-7,9-10,15H,4-5,8,11-14H2,1-3H3,(H2,20,21,22);1H. The first-order valence-corrected chi connectivity index (χ1v) is 9.03. The van der Waals surface area contributed by atoms with Gasteiger partial charge in [0.05, 0.1) is 6.54 Å². The number of aliphatic imine (C=N–C) groups is 1. The van der Waals surface area contributed by atoms with E-state index in [1.165, 1.54) is 11.1 Å². The zero-order valence-electron chi connectivity index (χ0n) is 15.5. The van der Waals surface area contributed by atoms with Gasteiger partial charge in [-0.25, -0.2) is 4.99 Å². The molecule has 1 fully saturated rings. The summed E-state index contributed by atoms with van der Waals surface area (Å²) < 4.78 is 0. The Morgan fingerprint density at radius 1 is 1.28 bits per heavy atom. The van der Waals surface area contributed by atoms with Gasteiger partial charge in [0.15, 0.2) is 5.96 Å². The lowest BCUT2D eigenvalue weighted by molar-refractivity contribution is -0.128. The van der Waals surface area contributed by atoms with E-state index in [9.17, 15) is 4.79 Å². The van der Waals surface area contributed by atoms with E-state index in [0.717, 1.165) is 31.9 Å². The number of carbonyl (C=O) groups is 1. The molecule has 0 aromatic heterocycles. The summed E-state index contributed by atoms with van der Waals surface area (Å²) >= 11 is 0. The maximum atomic E-state index is 11.9. The zero-order valence-corrected chi connectivity index (χ0v) is 17.9. The Morgan fingerprint density at radius 2 is 2.00 bits per heavy atom. The molecule has 2 rings (SSSR count). The molecule has 0 radical (unpaired) electrons. The van der Waals surface area contributed by atoms with Gasteiger partial charge in [-0.3, -0.25) is 4.79 Å². The summed E-state index contributed by atoms with van der Waals surface area (Å²) in [5, 5.41) is 6.70. The maximum Gasteiger partial charge on any atom is 0.222 e. The van der Waals surface area contributed by atoms with Gasteiger partial charge in [-0.2, -0.15) is 0 Å². The van der Waals surface area contributed by atoms with Crippen molar-refractivity contribution in [3.05, 3.63) is 35.4 Å². The Labute approximate surface area is 168 Å². The fourth-order valence-corrected chi connectivity index (χ4v) is 2.76. The van der Waals surface area contributed by atoms with Crippen LogP contribution in [0.1, 0.15) is 51.2 Å². The minimum Gasteiger partial charge on any atom is -0.357 e. The van der Waals surface area contributed by atoms with Gasteiger partial charge in [0.2, 0.25) is 5.91 Å². The van der Waals surface area contributed by atoms with Crippen LogP contribution in [0.5, 0.6) is 0 Å². The lowest BCUT2D eigenvalue weighted by atomic mass is 10.1. The second-order valence-corrected chi connectivity index (χ2v) is 6.34. The quantitative estimate of drug-likeness (QED) is 0.375. The van der Waals surface area contributed by atoms with Gasteiger partial charge in [-0.15, -0.1) is 24.0 Å². The summed E-state index contributed by atoms with van der Waals surface area (Å²) in [5.74, 6) is 1.11. The number of likely N-dealkylation sites (tertiary alicyclic amines) is 1. The van der Waals surface area contributed by atoms with Crippen molar-refractivity contribution in [3.8, 4) is 0 Å². The summed E-state index contributed by atoms with van der Waals surface area (Å²) in [6, 6.07) is 8.67. The molecule has 1 heterocycles. The van der Waals surface area contributed by atoms with Crippen LogP contribution in [0.3, 0.4) is 0 Å². The van der Waals surface area contributed by atoms with Crippen LogP contribution < -0.4 is 10.6 Å². The highest BCUT2D eigenvalue weighted by Crippen LogP contribution is 2.17. The SMILES string of the molecule is CCNC(=NCc1ccccc1CN1CCCC1=O)NC(C)CC.I. The smallest absolute Gasteiger partial charge is 0.222 e. The molecule has 0 bridgehead atoms. The minimum absolute atomic E-state index is 0. The molecule has 25 heavy (non-hydrogen) atoms. The van der Waals surface area contributed by atoms with E-state index in [-0.39, 0.29) is 29.9 Å². The van der Waals surface area contributed by atoms with Crippen LogP contribution in [0.4, 0.5) is 0 Å². The van der Waals surface area contributed by atoms with Crippen molar-refractivity contribution in [3.63, 3.8) is 0 Å². The summed E-state index contributed by atoms with van der Waals surface area (Å²) in [6.45, 7) is 9.40. The molecule has 1 aromatic rings. The van der Waals surface area contributed by atoms with Crippen molar-refractivity contribution in [2.75, 3.05) is 13.1 Å². The van der Waals surface area contributed by atoms with Gasteiger partial charge in [-0.1, -0.05) is 31.2 Å². The molecule has 0 saturated carbocycles. The third-order valence-corrected chi connectivity index (χ3v) is 4.40. The number of nitrogens with one attached hydrogen (secondary N) is 2. The zero-order chi connectivity index (χ0) is 17.4. The van der Waals surface area contributed by atoms with Crippen molar-refractivity contribution in [1.82, 2.24) is 15.5 Å². The molecule has 140 valence electrons. The van der Waals surface area contributed by atoms with Gasteiger partial charge in [-0.05, 0) is 37.8 Å². The molecule has 1 aromatic carbocycles. The van der Waals surface area contributed by atoms with Gasteiger partial charge < -0.3 is 15.5 Å². The molecule has 1 amide bonds. The molecule has 6 heteroatoms.